The molecule has 0 unspecified atom stereocenters. The minimum Gasteiger partial charge on any atom is -0.489 e. The molecule has 0 bridgehead atoms. The van der Waals surface area contributed by atoms with Gasteiger partial charge in [-0.25, -0.2) is 9.97 Å². The average Bonchev–Trinajstić information content (AvgIpc) is 3.33. The SMILES string of the molecule is CC(C)Oc1ccccc1Nc1cc(C(=O)NC2CC2)ncn1. The van der Waals surface area contributed by atoms with Crippen molar-refractivity contribution in [2.45, 2.75) is 38.8 Å². The summed E-state index contributed by atoms with van der Waals surface area (Å²) in [4.78, 5) is 20.3. The number of ether oxygens (including phenoxy) is 1. The molecule has 0 spiro atoms. The van der Waals surface area contributed by atoms with Gasteiger partial charge in [-0.3, -0.25) is 4.79 Å². The normalized spacial score (nSPS) is 13.7. The Balaban J connectivity index is 1.76. The molecule has 2 N–H and O–H groups in total. The third kappa shape index (κ3) is 4.18. The molecule has 6 nitrogen and oxygen atoms in total. The quantitative estimate of drug-likeness (QED) is 0.857. The Labute approximate surface area is 135 Å². The fourth-order valence-electron chi connectivity index (χ4n) is 2.10. The highest BCUT2D eigenvalue weighted by Gasteiger charge is 2.24. The highest BCUT2D eigenvalue weighted by molar-refractivity contribution is 5.93. The molecule has 1 aromatic carbocycles. The summed E-state index contributed by atoms with van der Waals surface area (Å²) in [6.45, 7) is 3.95. The van der Waals surface area contributed by atoms with Crippen LogP contribution in [-0.4, -0.2) is 28.0 Å². The number of nitrogens with one attached hydrogen (secondary N) is 2. The van der Waals surface area contributed by atoms with Gasteiger partial charge in [-0.2, -0.15) is 0 Å². The number of nitrogens with zero attached hydrogens (tertiary/aromatic N) is 2. The highest BCUT2D eigenvalue weighted by atomic mass is 16.5. The van der Waals surface area contributed by atoms with Crippen LogP contribution in [0.5, 0.6) is 5.75 Å². The van der Waals surface area contributed by atoms with Gasteiger partial charge in [0.25, 0.3) is 5.91 Å². The van der Waals surface area contributed by atoms with E-state index in [4.69, 9.17) is 4.74 Å². The molecular formula is C17H20N4O2. The Kier molecular flexibility index (Phi) is 4.41. The molecule has 0 radical (unpaired) electrons. The van der Waals surface area contributed by atoms with Crippen LogP contribution in [0.4, 0.5) is 11.5 Å². The number of para-hydroxylation sites is 2. The van der Waals surface area contributed by atoms with Crippen LogP contribution >= 0.6 is 0 Å². The first-order chi connectivity index (χ1) is 11.1. The van der Waals surface area contributed by atoms with E-state index >= 15 is 0 Å². The molecule has 1 aliphatic rings. The second kappa shape index (κ2) is 6.64. The molecule has 1 aliphatic carbocycles. The van der Waals surface area contributed by atoms with Crippen molar-refractivity contribution in [2.24, 2.45) is 0 Å². The lowest BCUT2D eigenvalue weighted by atomic mass is 10.2. The van der Waals surface area contributed by atoms with Crippen LogP contribution in [0.3, 0.4) is 0 Å². The van der Waals surface area contributed by atoms with E-state index in [0.29, 0.717) is 17.6 Å². The molecule has 0 aliphatic heterocycles. The van der Waals surface area contributed by atoms with E-state index in [9.17, 15) is 4.79 Å². The van der Waals surface area contributed by atoms with Gasteiger partial charge in [0.15, 0.2) is 0 Å². The highest BCUT2D eigenvalue weighted by Crippen LogP contribution is 2.27. The van der Waals surface area contributed by atoms with Crippen molar-refractivity contribution < 1.29 is 9.53 Å². The number of hydrogen-bond donors (Lipinski definition) is 2. The third-order valence-corrected chi connectivity index (χ3v) is 3.32. The Hall–Kier alpha value is -2.63. The minimum atomic E-state index is -0.162. The van der Waals surface area contributed by atoms with E-state index in [2.05, 4.69) is 20.6 Å². The van der Waals surface area contributed by atoms with Crippen molar-refractivity contribution in [3.63, 3.8) is 0 Å². The van der Waals surface area contributed by atoms with Crippen molar-refractivity contribution in [2.75, 3.05) is 5.32 Å². The molecule has 1 amide bonds. The summed E-state index contributed by atoms with van der Waals surface area (Å²) in [6, 6.07) is 9.57. The van der Waals surface area contributed by atoms with Crippen LogP contribution in [0.2, 0.25) is 0 Å². The second-order valence-corrected chi connectivity index (χ2v) is 5.82. The molecule has 120 valence electrons. The lowest BCUT2D eigenvalue weighted by Gasteiger charge is -2.15. The zero-order valence-corrected chi connectivity index (χ0v) is 13.2. The number of amides is 1. The van der Waals surface area contributed by atoms with E-state index in [-0.39, 0.29) is 12.0 Å². The number of carbonyl (C=O) groups is 1. The molecule has 6 heteroatoms. The van der Waals surface area contributed by atoms with E-state index in [1.807, 2.05) is 38.1 Å². The van der Waals surface area contributed by atoms with Crippen LogP contribution in [0.15, 0.2) is 36.7 Å². The van der Waals surface area contributed by atoms with E-state index in [1.165, 1.54) is 6.33 Å². The van der Waals surface area contributed by atoms with Gasteiger partial charge in [0.2, 0.25) is 0 Å². The van der Waals surface area contributed by atoms with E-state index in [0.717, 1.165) is 24.3 Å². The minimum absolute atomic E-state index is 0.0724. The fourth-order valence-corrected chi connectivity index (χ4v) is 2.10. The van der Waals surface area contributed by atoms with Crippen molar-refractivity contribution in [1.29, 1.82) is 0 Å². The topological polar surface area (TPSA) is 76.1 Å². The summed E-state index contributed by atoms with van der Waals surface area (Å²) >= 11 is 0. The molecule has 1 aromatic heterocycles. The fraction of sp³-hybridized carbons (Fsp3) is 0.353. The third-order valence-electron chi connectivity index (χ3n) is 3.32. The Morgan fingerprint density at radius 3 is 2.78 bits per heavy atom. The van der Waals surface area contributed by atoms with Crippen LogP contribution in [0, 0.1) is 0 Å². The monoisotopic (exact) mass is 312 g/mol. The molecule has 3 rings (SSSR count). The second-order valence-electron chi connectivity index (χ2n) is 5.82. The number of benzene rings is 1. The van der Waals surface area contributed by atoms with Gasteiger partial charge in [0.1, 0.15) is 23.6 Å². The van der Waals surface area contributed by atoms with E-state index < -0.39 is 0 Å². The summed E-state index contributed by atoms with van der Waals surface area (Å²) in [6.07, 6.45) is 3.54. The van der Waals surface area contributed by atoms with Gasteiger partial charge in [0.05, 0.1) is 11.8 Å². The number of carbonyl (C=O) groups excluding carboxylic acids is 1. The summed E-state index contributed by atoms with van der Waals surface area (Å²) in [5.41, 5.74) is 1.16. The molecule has 1 heterocycles. The summed E-state index contributed by atoms with van der Waals surface area (Å²) in [5.74, 6) is 1.13. The van der Waals surface area contributed by atoms with Gasteiger partial charge >= 0.3 is 0 Å². The van der Waals surface area contributed by atoms with Gasteiger partial charge < -0.3 is 15.4 Å². The first kappa shape index (κ1) is 15.3. The van der Waals surface area contributed by atoms with Crippen molar-refractivity contribution >= 4 is 17.4 Å². The van der Waals surface area contributed by atoms with Crippen molar-refractivity contribution in [3.05, 3.63) is 42.4 Å². The molecule has 1 saturated carbocycles. The lowest BCUT2D eigenvalue weighted by molar-refractivity contribution is 0.0946. The zero-order chi connectivity index (χ0) is 16.2. The van der Waals surface area contributed by atoms with Gasteiger partial charge in [-0.1, -0.05) is 12.1 Å². The first-order valence-electron chi connectivity index (χ1n) is 7.77. The Bertz CT molecular complexity index is 698. The zero-order valence-electron chi connectivity index (χ0n) is 13.2. The number of anilines is 2. The van der Waals surface area contributed by atoms with Gasteiger partial charge in [-0.05, 0) is 38.8 Å². The maximum absolute atomic E-state index is 12.1. The number of hydrogen-bond acceptors (Lipinski definition) is 5. The Morgan fingerprint density at radius 1 is 1.26 bits per heavy atom. The summed E-state index contributed by atoms with van der Waals surface area (Å²) in [7, 11) is 0. The molecule has 0 atom stereocenters. The van der Waals surface area contributed by atoms with E-state index in [1.54, 1.807) is 6.07 Å². The molecule has 23 heavy (non-hydrogen) atoms. The predicted octanol–water partition coefficient (Wildman–Crippen LogP) is 2.90. The smallest absolute Gasteiger partial charge is 0.270 e. The summed E-state index contributed by atoms with van der Waals surface area (Å²) < 4.78 is 5.77. The number of rotatable bonds is 6. The average molecular weight is 312 g/mol. The van der Waals surface area contributed by atoms with Crippen LogP contribution < -0.4 is 15.4 Å². The van der Waals surface area contributed by atoms with Crippen LogP contribution in [-0.2, 0) is 0 Å². The first-order valence-corrected chi connectivity index (χ1v) is 7.77. The van der Waals surface area contributed by atoms with Crippen LogP contribution in [0.25, 0.3) is 0 Å². The summed E-state index contributed by atoms with van der Waals surface area (Å²) in [5, 5.41) is 6.10. The lowest BCUT2D eigenvalue weighted by Crippen LogP contribution is -2.26. The van der Waals surface area contributed by atoms with Crippen molar-refractivity contribution in [3.8, 4) is 5.75 Å². The molecule has 2 aromatic rings. The Morgan fingerprint density at radius 2 is 2.04 bits per heavy atom. The molecular weight excluding hydrogens is 292 g/mol. The predicted molar refractivity (Wildman–Crippen MR) is 88.0 cm³/mol. The van der Waals surface area contributed by atoms with Crippen molar-refractivity contribution in [1.82, 2.24) is 15.3 Å². The molecule has 1 fully saturated rings. The maximum Gasteiger partial charge on any atom is 0.270 e. The van der Waals surface area contributed by atoms with Crippen LogP contribution in [0.1, 0.15) is 37.2 Å². The largest absolute Gasteiger partial charge is 0.489 e. The number of aromatic nitrogens is 2. The van der Waals surface area contributed by atoms with Gasteiger partial charge in [0, 0.05) is 12.1 Å². The standard InChI is InChI=1S/C17H20N4O2/c1-11(2)23-15-6-4-3-5-13(15)21-16-9-14(18-10-19-16)17(22)20-12-7-8-12/h3-6,9-12H,7-8H2,1-2H3,(H,20,22)(H,18,19,21). The molecule has 0 saturated heterocycles. The maximum atomic E-state index is 12.1. The van der Waals surface area contributed by atoms with Gasteiger partial charge in [-0.15, -0.1) is 0 Å².